The van der Waals surface area contributed by atoms with Crippen LogP contribution in [0.15, 0.2) is 116 Å². The number of nitrogens with zero attached hydrogens (tertiary/aromatic N) is 13. The van der Waals surface area contributed by atoms with Gasteiger partial charge in [0.15, 0.2) is 56.3 Å². The number of nitrogens with one attached hydrogen (secondary N) is 2. The van der Waals surface area contributed by atoms with E-state index in [-0.39, 0.29) is 129 Å². The molecule has 111 heavy (non-hydrogen) atoms. The summed E-state index contributed by atoms with van der Waals surface area (Å²) in [6.45, 7) is 5.79. The lowest BCUT2D eigenvalue weighted by Crippen LogP contribution is -2.63. The third-order valence-electron chi connectivity index (χ3n) is 16.7. The fourth-order valence-electron chi connectivity index (χ4n) is 10.7. The number of nitrogen functional groups attached to an aromatic ring is 4. The summed E-state index contributed by atoms with van der Waals surface area (Å²) in [6, 6.07) is 1.69. The van der Waals surface area contributed by atoms with Crippen LogP contribution >= 0.6 is 58.0 Å². The van der Waals surface area contributed by atoms with E-state index in [1.54, 1.807) is 33.7 Å². The number of anilines is 6. The third kappa shape index (κ3) is 19.4. The lowest BCUT2D eigenvalue weighted by Gasteiger charge is -2.50. The number of aromatic nitrogens is 9. The standard InChI is InChI=1S/C33H34ClN9O11S2.C32H34N10O11S2/c1-33(2,31(51)52)54-40-23(24-26(34)56-32(36)39-24)21(46)9-16-28(48)43-25(30(49)50)15(13-55-29(16)43)5-4-8-41-11-17(27(35)38-14-41)37-7-3-6-19(44)18-10-20(45)22(47)12-42(18)53;1-32(2,30(50)51)53-38-23(26-37-31(34)55-39-26)21(45)9-16-27(47)42-24(29(48)49)15(13-54-28(16)42)5-4-8-40-11-17(25(33)36-14-40)35-7-3-6-19(43)18-10-20(44)22(46)12-41(18)52/h4-5,10-12,14,16,29,35,37,53H,3,6-9,13H2,1-2H3,(H5,36,39,47,49,50,51,52);4-5,10-12,14,16,28,33,35,52H,3,6-9,13H2,1-2H3,(H5,34,37,39,46,48,49,50,51)/b5-4+,40-23+;5-4+,38-23+/t16-,29?;16-,28?/m11/s1. The zero-order valence-electron chi connectivity index (χ0n) is 58.6. The Kier molecular flexibility index (Phi) is 26.0. The summed E-state index contributed by atoms with van der Waals surface area (Å²) in [5.74, 6) is -12.6. The number of fused-ring (bicyclic) bond motifs is 2. The number of aliphatic carboxylic acids is 4. The molecule has 0 radical (unpaired) electrons. The van der Waals surface area contributed by atoms with Crippen molar-refractivity contribution >= 4 is 162 Å². The number of Topliss-reactive ketones (excluding diaryl/α,β-unsaturated/α-hetero) is 4. The fraction of sp³-hybridized carbons (Fsp3) is 0.338. The maximum atomic E-state index is 13.5. The number of halogens is 1. The lowest BCUT2D eigenvalue weighted by atomic mass is 9.89. The highest BCUT2D eigenvalue weighted by molar-refractivity contribution is 8.00. The molecule has 4 aliphatic rings. The van der Waals surface area contributed by atoms with Gasteiger partial charge in [0, 0.05) is 73.9 Å². The first-order valence-corrected chi connectivity index (χ1v) is 36.8. The molecule has 10 rings (SSSR count). The van der Waals surface area contributed by atoms with Gasteiger partial charge in [0.25, 0.3) is 24.3 Å². The topological polar surface area (TPSA) is 632 Å². The minimum absolute atomic E-state index is 0.00165. The largest absolute Gasteiger partial charge is 0.543 e. The van der Waals surface area contributed by atoms with E-state index in [2.05, 4.69) is 45.3 Å². The molecule has 41 nitrogen and oxygen atoms in total. The number of oxime groups is 2. The normalized spacial score (nSPS) is 17.1. The highest BCUT2D eigenvalue weighted by Gasteiger charge is 2.54. The maximum Gasteiger partial charge on any atom is 0.350 e. The van der Waals surface area contributed by atoms with Crippen LogP contribution in [0, 0.1) is 11.8 Å². The first-order valence-electron chi connectivity index (χ1n) is 32.7. The number of hydrogen-bond donors (Lipinski definition) is 12. The molecule has 586 valence electrons. The second kappa shape index (κ2) is 34.9. The number of rotatable bonds is 34. The van der Waals surface area contributed by atoms with Crippen molar-refractivity contribution in [1.29, 1.82) is 0 Å². The van der Waals surface area contributed by atoms with E-state index in [4.69, 9.17) is 44.2 Å². The van der Waals surface area contributed by atoms with Crippen molar-refractivity contribution in [3.63, 3.8) is 0 Å². The molecule has 0 saturated carbocycles. The molecule has 2 amide bonds. The summed E-state index contributed by atoms with van der Waals surface area (Å²) in [5.41, 5.74) is 17.3. The number of carboxylic acid groups (broad SMARTS) is 4. The maximum absolute atomic E-state index is 13.5. The van der Waals surface area contributed by atoms with Crippen LogP contribution in [0.3, 0.4) is 0 Å². The van der Waals surface area contributed by atoms with Crippen molar-refractivity contribution in [2.75, 3.05) is 58.2 Å². The molecular weight excluding hydrogens is 1560 g/mol. The molecule has 6 aromatic heterocycles. The van der Waals surface area contributed by atoms with E-state index >= 15 is 0 Å². The van der Waals surface area contributed by atoms with E-state index < -0.39 is 139 Å². The monoisotopic (exact) mass is 1630 g/mol. The SMILES string of the molecule is CC(C)(O/N=C(\C(=O)C[C@@H]1C(=O)N2C(C(=O)[O-])=C(/C=C/C[n+]3cnc(N)c(NCCCC(=O)c4cc(=O)c(O)cn4O)c3)CSC12)c1nc(N)sc1Cl)C(=O)O.CC(C)(O/N=C(\C(=O)C[C@@H]1C(=O)N2C(C(=O)[O-])=C(/C=C/C[n+]3cnc(N)c(NCCCC(=O)c4cc(=O)c(O)cn4O)c3)CSC12)c1nsc(N)n1)C(=O)O. The quantitative estimate of drug-likeness (QED) is 0.00441. The van der Waals surface area contributed by atoms with Gasteiger partial charge in [-0.05, 0) is 73.8 Å². The Labute approximate surface area is 646 Å². The molecule has 0 bridgehead atoms. The number of carbonyl (C=O) groups excluding carboxylic acids is 8. The van der Waals surface area contributed by atoms with Gasteiger partial charge in [-0.3, -0.25) is 48.2 Å². The zero-order chi connectivity index (χ0) is 81.2. The van der Waals surface area contributed by atoms with Crippen LogP contribution in [0.1, 0.15) is 98.7 Å². The van der Waals surface area contributed by atoms with Gasteiger partial charge in [0.05, 0.1) is 58.3 Å². The summed E-state index contributed by atoms with van der Waals surface area (Å²) >= 11 is 10.3. The number of carboxylic acids is 4. The number of amides is 2. The van der Waals surface area contributed by atoms with Crippen LogP contribution < -0.4 is 63.8 Å². The number of thiazole rings is 1. The summed E-state index contributed by atoms with van der Waals surface area (Å²) in [7, 11) is 0. The van der Waals surface area contributed by atoms with E-state index in [0.29, 0.717) is 26.4 Å². The molecule has 46 heteroatoms. The number of carbonyl (C=O) groups is 10. The van der Waals surface area contributed by atoms with Crippen molar-refractivity contribution in [3.8, 4) is 11.5 Å². The van der Waals surface area contributed by atoms with Crippen LogP contribution in [0.4, 0.5) is 33.3 Å². The van der Waals surface area contributed by atoms with Crippen molar-refractivity contribution in [2.45, 2.75) is 101 Å². The Morgan fingerprint density at radius 3 is 1.48 bits per heavy atom. The second-order valence-electron chi connectivity index (χ2n) is 25.4. The smallest absolute Gasteiger partial charge is 0.350 e. The lowest BCUT2D eigenvalue weighted by molar-refractivity contribution is -0.689. The van der Waals surface area contributed by atoms with Crippen LogP contribution in [-0.4, -0.2) is 191 Å². The Morgan fingerprint density at radius 1 is 0.667 bits per heavy atom. The van der Waals surface area contributed by atoms with Crippen molar-refractivity contribution in [2.24, 2.45) is 22.1 Å². The number of ketones is 4. The first kappa shape index (κ1) is 82.7. The van der Waals surface area contributed by atoms with Gasteiger partial charge in [0.2, 0.25) is 39.7 Å². The predicted octanol–water partition coefficient (Wildman–Crippen LogP) is -0.943. The summed E-state index contributed by atoms with van der Waals surface area (Å²) in [6.07, 6.45) is 13.6. The van der Waals surface area contributed by atoms with Gasteiger partial charge in [-0.15, -0.1) is 23.5 Å². The van der Waals surface area contributed by atoms with E-state index in [1.807, 2.05) is 0 Å². The van der Waals surface area contributed by atoms with E-state index in [0.717, 1.165) is 57.2 Å². The fourth-order valence-corrected chi connectivity index (χ4v) is 14.8. The second-order valence-corrected chi connectivity index (χ2v) is 30.0. The molecular formula is C65H68ClN19O22S4. The average molecular weight is 1630 g/mol. The summed E-state index contributed by atoms with van der Waals surface area (Å²) < 4.78 is 7.99. The van der Waals surface area contributed by atoms with Crippen LogP contribution in [-0.2, 0) is 61.1 Å². The Balaban J connectivity index is 0.000000255. The average Bonchev–Trinajstić information content (AvgIpc) is 0.791. The molecule has 2 unspecified atom stereocenters. The highest BCUT2D eigenvalue weighted by atomic mass is 35.5. The van der Waals surface area contributed by atoms with Crippen LogP contribution in [0.2, 0.25) is 4.34 Å². The number of thioether (sulfide) groups is 2. The molecule has 0 spiro atoms. The van der Waals surface area contributed by atoms with E-state index in [1.165, 1.54) is 76.0 Å². The Morgan fingerprint density at radius 2 is 1.09 bits per heavy atom. The van der Waals surface area contributed by atoms with Crippen molar-refractivity contribution < 1.29 is 108 Å². The number of pyridine rings is 2. The number of β-lactam (4-membered cyclic amide) rings is 2. The molecule has 0 aliphatic carbocycles. The summed E-state index contributed by atoms with van der Waals surface area (Å²) in [4.78, 5) is 178. The van der Waals surface area contributed by atoms with Crippen molar-refractivity contribution in [1.82, 2.24) is 43.6 Å². The predicted molar refractivity (Wildman–Crippen MR) is 390 cm³/mol. The molecule has 4 aliphatic heterocycles. The Bertz CT molecular complexity index is 5110. The van der Waals surface area contributed by atoms with Gasteiger partial charge >= 0.3 is 11.9 Å². The third-order valence-corrected chi connectivity index (χ3v) is 21.0. The van der Waals surface area contributed by atoms with Crippen molar-refractivity contribution in [3.05, 3.63) is 144 Å². The molecule has 6 aromatic rings. The van der Waals surface area contributed by atoms with Gasteiger partial charge in [0.1, 0.15) is 58.3 Å². The minimum Gasteiger partial charge on any atom is -0.543 e. The number of nitrogens with two attached hydrogens (primary N) is 4. The van der Waals surface area contributed by atoms with Gasteiger partial charge in [-0.2, -0.15) is 18.8 Å². The zero-order valence-corrected chi connectivity index (χ0v) is 62.6. The van der Waals surface area contributed by atoms with Gasteiger partial charge < -0.3 is 93.9 Å². The first-order chi connectivity index (χ1) is 52.4. The van der Waals surface area contributed by atoms with Crippen LogP contribution in [0.25, 0.3) is 0 Å². The minimum atomic E-state index is -1.83. The van der Waals surface area contributed by atoms with Crippen LogP contribution in [0.5, 0.6) is 11.5 Å². The number of allylic oxidation sites excluding steroid dienone is 4. The molecule has 0 aromatic carbocycles. The van der Waals surface area contributed by atoms with Gasteiger partial charge in [-0.1, -0.05) is 45.4 Å². The summed E-state index contributed by atoms with van der Waals surface area (Å²) in [5, 5.41) is 93.9. The molecule has 2 fully saturated rings. The number of hydrogen-bond acceptors (Lipinski definition) is 37. The molecule has 16 N–H and O–H groups in total. The number of aromatic hydroxyl groups is 2. The molecule has 4 atom stereocenters. The highest BCUT2D eigenvalue weighted by Crippen LogP contribution is 2.47. The Hall–Kier alpha value is -12.4. The molecule has 10 heterocycles. The molecule has 2 saturated heterocycles. The van der Waals surface area contributed by atoms with E-state index in [9.17, 15) is 98.6 Å². The van der Waals surface area contributed by atoms with Gasteiger partial charge in [-0.25, -0.2) is 23.7 Å².